The van der Waals surface area contributed by atoms with Crippen LogP contribution in [0.3, 0.4) is 0 Å². The summed E-state index contributed by atoms with van der Waals surface area (Å²) in [6.07, 6.45) is 1.26. The summed E-state index contributed by atoms with van der Waals surface area (Å²) < 4.78 is 0. The number of carboxylic acids is 2. The molecule has 0 aliphatic carbocycles. The van der Waals surface area contributed by atoms with Gasteiger partial charge in [0.05, 0.1) is 12.6 Å². The number of H-pyrrole nitrogens is 1. The van der Waals surface area contributed by atoms with Gasteiger partial charge in [-0.2, -0.15) is 0 Å². The summed E-state index contributed by atoms with van der Waals surface area (Å²) in [5.74, 6) is -5.36. The Balaban J connectivity index is 2.24. The van der Waals surface area contributed by atoms with Crippen molar-refractivity contribution < 1.29 is 39.3 Å². The first-order valence-corrected chi connectivity index (χ1v) is 12.8. The van der Waals surface area contributed by atoms with Crippen LogP contribution in [-0.2, 0) is 30.4 Å². The highest BCUT2D eigenvalue weighted by atomic mass is 16.4. The van der Waals surface area contributed by atoms with E-state index >= 15 is 0 Å². The minimum atomic E-state index is -1.63. The molecule has 1 aromatic carbocycles. The van der Waals surface area contributed by atoms with E-state index in [0.717, 1.165) is 10.9 Å². The van der Waals surface area contributed by atoms with Gasteiger partial charge in [-0.25, -0.2) is 4.79 Å². The Labute approximate surface area is 234 Å². The van der Waals surface area contributed by atoms with Gasteiger partial charge in [0.25, 0.3) is 0 Å². The van der Waals surface area contributed by atoms with Crippen LogP contribution in [0.1, 0.15) is 31.2 Å². The van der Waals surface area contributed by atoms with Gasteiger partial charge in [0, 0.05) is 36.5 Å². The Morgan fingerprint density at radius 2 is 1.54 bits per heavy atom. The molecule has 0 saturated heterocycles. The number of carbonyl (C=O) groups excluding carboxylic acids is 3. The molecule has 2 aromatic rings. The second kappa shape index (κ2) is 15.8. The fraction of sp³-hybridized carbons (Fsp3) is 0.440. The number of aromatic amines is 1. The average Bonchev–Trinajstić information content (AvgIpc) is 3.33. The van der Waals surface area contributed by atoms with Crippen molar-refractivity contribution in [3.63, 3.8) is 0 Å². The van der Waals surface area contributed by atoms with Gasteiger partial charge >= 0.3 is 11.9 Å². The molecule has 3 amide bonds. The minimum absolute atomic E-state index is 0.0940. The molecule has 0 aliphatic heterocycles. The number of nitrogens with two attached hydrogens (primary N) is 3. The summed E-state index contributed by atoms with van der Waals surface area (Å²) in [4.78, 5) is 68.5. The van der Waals surface area contributed by atoms with Gasteiger partial charge in [-0.1, -0.05) is 18.2 Å². The molecule has 0 radical (unpaired) electrons. The Kier molecular flexibility index (Phi) is 12.5. The van der Waals surface area contributed by atoms with Crippen LogP contribution in [0, 0.1) is 0 Å². The van der Waals surface area contributed by atoms with E-state index in [0.29, 0.717) is 12.0 Å². The monoisotopic (exact) mass is 576 g/mol. The number of carbonyl (C=O) groups is 5. The van der Waals surface area contributed by atoms with E-state index in [1.54, 1.807) is 30.5 Å². The predicted octanol–water partition coefficient (Wildman–Crippen LogP) is -2.51. The van der Waals surface area contributed by atoms with Gasteiger partial charge in [0.15, 0.2) is 5.96 Å². The Hall–Kier alpha value is -4.70. The molecule has 16 nitrogen and oxygen atoms in total. The zero-order valence-corrected chi connectivity index (χ0v) is 22.2. The fourth-order valence-corrected chi connectivity index (χ4v) is 3.93. The Morgan fingerprint density at radius 1 is 0.902 bits per heavy atom. The number of nitrogens with one attached hydrogen (secondary N) is 4. The van der Waals surface area contributed by atoms with Crippen LogP contribution < -0.4 is 33.2 Å². The zero-order chi connectivity index (χ0) is 30.5. The minimum Gasteiger partial charge on any atom is -0.481 e. The van der Waals surface area contributed by atoms with E-state index in [1.807, 2.05) is 0 Å². The molecule has 41 heavy (non-hydrogen) atoms. The predicted molar refractivity (Wildman–Crippen MR) is 147 cm³/mol. The third-order valence-electron chi connectivity index (χ3n) is 6.11. The molecule has 0 aliphatic rings. The number of rotatable bonds is 17. The van der Waals surface area contributed by atoms with E-state index in [4.69, 9.17) is 22.3 Å². The first-order chi connectivity index (χ1) is 19.4. The second-order valence-electron chi connectivity index (χ2n) is 9.26. The highest BCUT2D eigenvalue weighted by Gasteiger charge is 2.31. The van der Waals surface area contributed by atoms with Crippen LogP contribution in [-0.4, -0.2) is 93.2 Å². The highest BCUT2D eigenvalue weighted by Crippen LogP contribution is 2.19. The number of aliphatic imine (C=N–C) groups is 1. The summed E-state index contributed by atoms with van der Waals surface area (Å²) in [6, 6.07) is 1.74. The molecule has 1 aromatic heterocycles. The van der Waals surface area contributed by atoms with E-state index in [1.165, 1.54) is 0 Å². The molecule has 16 heteroatoms. The van der Waals surface area contributed by atoms with Crippen molar-refractivity contribution in [1.82, 2.24) is 20.9 Å². The third-order valence-corrected chi connectivity index (χ3v) is 6.11. The topological polar surface area (TPSA) is 288 Å². The van der Waals surface area contributed by atoms with E-state index < -0.39 is 66.9 Å². The number of amides is 3. The maximum absolute atomic E-state index is 13.3. The van der Waals surface area contributed by atoms with Gasteiger partial charge < -0.3 is 53.5 Å². The number of aliphatic hydroxyl groups is 1. The average molecular weight is 577 g/mol. The van der Waals surface area contributed by atoms with Gasteiger partial charge in [-0.15, -0.1) is 0 Å². The number of benzene rings is 1. The third kappa shape index (κ3) is 10.4. The first-order valence-electron chi connectivity index (χ1n) is 12.8. The van der Waals surface area contributed by atoms with Crippen molar-refractivity contribution in [3.05, 3.63) is 36.0 Å². The molecule has 13 N–H and O–H groups in total. The SMILES string of the molecule is NC(N)=NCCCC(N)C(=O)NC(CCC(=O)O)C(=O)NC(Cc1c[nH]c2ccccc12)C(=O)NC(CO)C(=O)O. The van der Waals surface area contributed by atoms with Crippen molar-refractivity contribution in [1.29, 1.82) is 0 Å². The number of aliphatic hydroxyl groups excluding tert-OH is 1. The van der Waals surface area contributed by atoms with E-state index in [9.17, 15) is 34.2 Å². The number of fused-ring (bicyclic) bond motifs is 1. The molecule has 0 saturated carbocycles. The maximum atomic E-state index is 13.3. The molecule has 4 atom stereocenters. The smallest absolute Gasteiger partial charge is 0.328 e. The van der Waals surface area contributed by atoms with Gasteiger partial charge in [-0.05, 0) is 30.9 Å². The van der Waals surface area contributed by atoms with Crippen LogP contribution in [0.4, 0.5) is 0 Å². The highest BCUT2D eigenvalue weighted by molar-refractivity contribution is 5.95. The van der Waals surface area contributed by atoms with Crippen LogP contribution in [0.5, 0.6) is 0 Å². The van der Waals surface area contributed by atoms with Crippen molar-refractivity contribution in [2.24, 2.45) is 22.2 Å². The van der Waals surface area contributed by atoms with E-state index in [-0.39, 0.29) is 31.8 Å². The van der Waals surface area contributed by atoms with Crippen molar-refractivity contribution in [2.75, 3.05) is 13.2 Å². The summed E-state index contributed by atoms with van der Waals surface area (Å²) in [6.45, 7) is -0.671. The molecule has 0 fully saturated rings. The Bertz CT molecular complexity index is 1260. The van der Waals surface area contributed by atoms with Gasteiger partial charge in [0.2, 0.25) is 17.7 Å². The van der Waals surface area contributed by atoms with Crippen LogP contribution in [0.2, 0.25) is 0 Å². The van der Waals surface area contributed by atoms with Gasteiger partial charge in [0.1, 0.15) is 18.1 Å². The van der Waals surface area contributed by atoms with Crippen molar-refractivity contribution in [3.8, 4) is 0 Å². The molecule has 2 rings (SSSR count). The first kappa shape index (κ1) is 32.5. The van der Waals surface area contributed by atoms with Gasteiger partial charge in [-0.3, -0.25) is 24.2 Å². The number of aromatic nitrogens is 1. The Morgan fingerprint density at radius 3 is 2.17 bits per heavy atom. The largest absolute Gasteiger partial charge is 0.481 e. The molecule has 0 bridgehead atoms. The normalized spacial score (nSPS) is 13.8. The zero-order valence-electron chi connectivity index (χ0n) is 22.2. The standard InChI is InChI=1S/C25H36N8O8/c26-15(5-3-9-29-25(27)28)21(37)31-17(7-8-20(35)36)22(38)32-18(23(39)33-19(12-34)24(40)41)10-13-11-30-16-6-2-1-4-14(13)16/h1-2,4,6,11,15,17-19,30,34H,3,5,7-10,12,26H2,(H,31,37)(H,32,38)(H,33,39)(H,35,36)(H,40,41)(H4,27,28,29). The lowest BCUT2D eigenvalue weighted by Crippen LogP contribution is -2.58. The molecular weight excluding hydrogens is 540 g/mol. The molecule has 4 unspecified atom stereocenters. The lowest BCUT2D eigenvalue weighted by atomic mass is 10.0. The maximum Gasteiger partial charge on any atom is 0.328 e. The fourth-order valence-electron chi connectivity index (χ4n) is 3.93. The van der Waals surface area contributed by atoms with Crippen LogP contribution in [0.25, 0.3) is 10.9 Å². The van der Waals surface area contributed by atoms with Crippen molar-refractivity contribution in [2.45, 2.75) is 56.3 Å². The summed E-state index contributed by atoms with van der Waals surface area (Å²) in [7, 11) is 0. The second-order valence-corrected chi connectivity index (χ2v) is 9.26. The molecule has 224 valence electrons. The number of carboxylic acid groups (broad SMARTS) is 2. The number of guanidine groups is 1. The van der Waals surface area contributed by atoms with Crippen LogP contribution >= 0.6 is 0 Å². The lowest BCUT2D eigenvalue weighted by Gasteiger charge is -2.25. The number of hydrogen-bond donors (Lipinski definition) is 10. The summed E-state index contributed by atoms with van der Waals surface area (Å²) in [5.41, 5.74) is 17.8. The van der Waals surface area contributed by atoms with Crippen LogP contribution in [0.15, 0.2) is 35.5 Å². The summed E-state index contributed by atoms with van der Waals surface area (Å²) in [5, 5.41) is 35.6. The number of para-hydroxylation sites is 1. The molecule has 1 heterocycles. The van der Waals surface area contributed by atoms with Crippen molar-refractivity contribution >= 4 is 46.5 Å². The quantitative estimate of drug-likeness (QED) is 0.0533. The molecular formula is C25H36N8O8. The number of aliphatic carboxylic acids is 2. The number of hydrogen-bond acceptors (Lipinski definition) is 8. The summed E-state index contributed by atoms with van der Waals surface area (Å²) >= 11 is 0. The molecule has 0 spiro atoms. The van der Waals surface area contributed by atoms with E-state index in [2.05, 4.69) is 25.9 Å². The number of nitrogens with zero attached hydrogens (tertiary/aromatic N) is 1. The lowest BCUT2D eigenvalue weighted by molar-refractivity contribution is -0.143.